The molecule has 0 unspecified atom stereocenters. The van der Waals surface area contributed by atoms with Crippen molar-refractivity contribution in [1.82, 2.24) is 15.2 Å². The Morgan fingerprint density at radius 1 is 1.22 bits per heavy atom. The van der Waals surface area contributed by atoms with E-state index in [4.69, 9.17) is 0 Å². The van der Waals surface area contributed by atoms with Crippen LogP contribution >= 0.6 is 11.8 Å². The van der Waals surface area contributed by atoms with Gasteiger partial charge < -0.3 is 0 Å². The maximum atomic E-state index is 4.41. The van der Waals surface area contributed by atoms with Crippen molar-refractivity contribution >= 4 is 23.9 Å². The predicted molar refractivity (Wildman–Crippen MR) is 77.4 cm³/mol. The third kappa shape index (κ3) is 4.04. The van der Waals surface area contributed by atoms with E-state index in [9.17, 15) is 0 Å². The first-order chi connectivity index (χ1) is 8.88. The molecular formula is C14H17N3S. The molecule has 2 rings (SSSR count). The first kappa shape index (κ1) is 12.9. The quantitative estimate of drug-likeness (QED) is 0.632. The van der Waals surface area contributed by atoms with Gasteiger partial charge in [-0.2, -0.15) is 0 Å². The van der Waals surface area contributed by atoms with Gasteiger partial charge >= 0.3 is 0 Å². The number of aromatic nitrogens is 3. The predicted octanol–water partition coefficient (Wildman–Crippen LogP) is 3.87. The number of benzene rings is 1. The average Bonchev–Trinajstić information content (AvgIpc) is 2.86. The van der Waals surface area contributed by atoms with Gasteiger partial charge in [-0.3, -0.25) is 5.10 Å². The highest BCUT2D eigenvalue weighted by atomic mass is 32.2. The van der Waals surface area contributed by atoms with Crippen LogP contribution in [0.25, 0.3) is 12.2 Å². The summed E-state index contributed by atoms with van der Waals surface area (Å²) >= 11 is 1.70. The van der Waals surface area contributed by atoms with E-state index in [1.54, 1.807) is 11.8 Å². The van der Waals surface area contributed by atoms with Gasteiger partial charge in [0.25, 0.3) is 0 Å². The maximum absolute atomic E-state index is 4.41. The van der Waals surface area contributed by atoms with Crippen LogP contribution in [0.4, 0.5) is 0 Å². The lowest BCUT2D eigenvalue weighted by Gasteiger charge is -1.92. The van der Waals surface area contributed by atoms with Crippen LogP contribution in [0.5, 0.6) is 0 Å². The first-order valence-corrected chi connectivity index (χ1v) is 7.15. The minimum absolute atomic E-state index is 0.804. The van der Waals surface area contributed by atoms with Crippen LogP contribution in [0.3, 0.4) is 0 Å². The van der Waals surface area contributed by atoms with E-state index < -0.39 is 0 Å². The molecule has 2 aromatic rings. The zero-order chi connectivity index (χ0) is 12.6. The minimum atomic E-state index is 0.804. The molecule has 0 saturated heterocycles. The van der Waals surface area contributed by atoms with Crippen LogP contribution in [-0.4, -0.2) is 20.9 Å². The molecule has 0 aliphatic rings. The smallest absolute Gasteiger partial charge is 0.208 e. The highest BCUT2D eigenvalue weighted by Gasteiger charge is 2.00. The third-order valence-electron chi connectivity index (χ3n) is 2.44. The molecule has 1 N–H and O–H groups in total. The normalized spacial score (nSPS) is 11.2. The number of nitrogens with one attached hydrogen (secondary N) is 1. The molecule has 0 aliphatic carbocycles. The topological polar surface area (TPSA) is 41.6 Å². The number of unbranched alkanes of at least 4 members (excludes halogenated alkanes) is 1. The van der Waals surface area contributed by atoms with Crippen LogP contribution < -0.4 is 0 Å². The van der Waals surface area contributed by atoms with Crippen molar-refractivity contribution in [1.29, 1.82) is 0 Å². The number of rotatable bonds is 6. The standard InChI is InChI=1S/C14H17N3S/c1-2-3-11-18-14-15-13(16-17-14)10-9-12-7-5-4-6-8-12/h4-10H,2-3,11H2,1H3,(H,15,16,17). The summed E-state index contributed by atoms with van der Waals surface area (Å²) in [5, 5.41) is 7.94. The fourth-order valence-electron chi connectivity index (χ4n) is 1.44. The van der Waals surface area contributed by atoms with E-state index in [1.165, 1.54) is 12.8 Å². The number of nitrogens with zero attached hydrogens (tertiary/aromatic N) is 2. The Labute approximate surface area is 112 Å². The zero-order valence-corrected chi connectivity index (χ0v) is 11.3. The summed E-state index contributed by atoms with van der Waals surface area (Å²) in [6.07, 6.45) is 6.39. The Hall–Kier alpha value is -1.55. The van der Waals surface area contributed by atoms with Crippen LogP contribution in [0, 0.1) is 0 Å². The van der Waals surface area contributed by atoms with E-state index >= 15 is 0 Å². The summed E-state index contributed by atoms with van der Waals surface area (Å²) in [5.74, 6) is 1.88. The van der Waals surface area contributed by atoms with Gasteiger partial charge in [0.2, 0.25) is 5.16 Å². The number of aromatic amines is 1. The maximum Gasteiger partial charge on any atom is 0.208 e. The number of hydrogen-bond acceptors (Lipinski definition) is 3. The average molecular weight is 259 g/mol. The molecule has 0 amide bonds. The lowest BCUT2D eigenvalue weighted by molar-refractivity contribution is 0.889. The largest absolute Gasteiger partial charge is 0.259 e. The highest BCUT2D eigenvalue weighted by molar-refractivity contribution is 7.99. The Morgan fingerprint density at radius 3 is 2.83 bits per heavy atom. The summed E-state index contributed by atoms with van der Waals surface area (Å²) in [7, 11) is 0. The molecule has 0 saturated carbocycles. The Morgan fingerprint density at radius 2 is 2.06 bits per heavy atom. The van der Waals surface area contributed by atoms with Crippen LogP contribution in [0.2, 0.25) is 0 Å². The van der Waals surface area contributed by atoms with Crippen molar-refractivity contribution < 1.29 is 0 Å². The van der Waals surface area contributed by atoms with Crippen molar-refractivity contribution in [3.8, 4) is 0 Å². The Bertz CT molecular complexity index is 491. The Kier molecular flexibility index (Phi) is 5.02. The molecule has 1 aromatic carbocycles. The summed E-state index contributed by atoms with van der Waals surface area (Å²) < 4.78 is 0. The van der Waals surface area contributed by atoms with Crippen LogP contribution in [-0.2, 0) is 0 Å². The van der Waals surface area contributed by atoms with Gasteiger partial charge in [0.05, 0.1) is 0 Å². The van der Waals surface area contributed by atoms with Gasteiger partial charge in [-0.25, -0.2) is 4.98 Å². The Balaban J connectivity index is 1.92. The SMILES string of the molecule is CCCCSc1n[nH]c(C=Cc2ccccc2)n1. The molecule has 0 atom stereocenters. The van der Waals surface area contributed by atoms with Crippen LogP contribution in [0.15, 0.2) is 35.5 Å². The van der Waals surface area contributed by atoms with Crippen molar-refractivity contribution in [3.05, 3.63) is 41.7 Å². The van der Waals surface area contributed by atoms with Gasteiger partial charge in [0, 0.05) is 5.75 Å². The van der Waals surface area contributed by atoms with E-state index in [0.717, 1.165) is 22.3 Å². The molecule has 0 radical (unpaired) electrons. The van der Waals surface area contributed by atoms with Gasteiger partial charge in [0.15, 0.2) is 0 Å². The highest BCUT2D eigenvalue weighted by Crippen LogP contribution is 2.15. The molecular weight excluding hydrogens is 242 g/mol. The van der Waals surface area contributed by atoms with Crippen molar-refractivity contribution in [2.75, 3.05) is 5.75 Å². The summed E-state index contributed by atoms with van der Waals surface area (Å²) in [4.78, 5) is 4.41. The van der Waals surface area contributed by atoms with E-state index in [0.29, 0.717) is 0 Å². The molecule has 0 fully saturated rings. The molecule has 1 aromatic heterocycles. The monoisotopic (exact) mass is 259 g/mol. The van der Waals surface area contributed by atoms with Crippen LogP contribution in [0.1, 0.15) is 31.2 Å². The van der Waals surface area contributed by atoms with E-state index in [1.807, 2.05) is 30.4 Å². The lowest BCUT2D eigenvalue weighted by atomic mass is 10.2. The second kappa shape index (κ2) is 7.01. The molecule has 94 valence electrons. The van der Waals surface area contributed by atoms with Crippen molar-refractivity contribution in [2.24, 2.45) is 0 Å². The zero-order valence-electron chi connectivity index (χ0n) is 10.5. The number of hydrogen-bond donors (Lipinski definition) is 1. The first-order valence-electron chi connectivity index (χ1n) is 6.17. The molecule has 0 bridgehead atoms. The van der Waals surface area contributed by atoms with Gasteiger partial charge in [-0.05, 0) is 18.1 Å². The minimum Gasteiger partial charge on any atom is -0.259 e. The van der Waals surface area contributed by atoms with Gasteiger partial charge in [-0.15, -0.1) is 5.10 Å². The molecule has 0 aliphatic heterocycles. The fraction of sp³-hybridized carbons (Fsp3) is 0.286. The third-order valence-corrected chi connectivity index (χ3v) is 3.38. The van der Waals surface area contributed by atoms with Crippen molar-refractivity contribution in [3.63, 3.8) is 0 Å². The van der Waals surface area contributed by atoms with E-state index in [2.05, 4.69) is 34.2 Å². The second-order valence-electron chi connectivity index (χ2n) is 3.95. The molecule has 0 spiro atoms. The van der Waals surface area contributed by atoms with Gasteiger partial charge in [0.1, 0.15) is 5.82 Å². The van der Waals surface area contributed by atoms with E-state index in [-0.39, 0.29) is 0 Å². The number of H-pyrrole nitrogens is 1. The fourth-order valence-corrected chi connectivity index (χ4v) is 2.33. The molecule has 4 heteroatoms. The second-order valence-corrected chi connectivity index (χ2v) is 5.01. The number of thioether (sulfide) groups is 1. The molecule has 1 heterocycles. The van der Waals surface area contributed by atoms with Gasteiger partial charge in [-0.1, -0.05) is 61.5 Å². The molecule has 3 nitrogen and oxygen atoms in total. The summed E-state index contributed by atoms with van der Waals surface area (Å²) in [6, 6.07) is 10.2. The lowest BCUT2D eigenvalue weighted by Crippen LogP contribution is -1.80. The summed E-state index contributed by atoms with van der Waals surface area (Å²) in [6.45, 7) is 2.19. The van der Waals surface area contributed by atoms with Crippen molar-refractivity contribution in [2.45, 2.75) is 24.9 Å². The summed E-state index contributed by atoms with van der Waals surface area (Å²) in [5.41, 5.74) is 1.16. The molecule has 18 heavy (non-hydrogen) atoms.